The Morgan fingerprint density at radius 3 is 2.58 bits per heavy atom. The molecular formula is C9H11BO2. The molecule has 3 heteroatoms. The average molecular weight is 162 g/mol. The maximum Gasteiger partial charge on any atom is 0.163 e. The molecule has 0 unspecified atom stereocenters. The third-order valence-electron chi connectivity index (χ3n) is 1.99. The molecule has 0 aromatic heterocycles. The van der Waals surface area contributed by atoms with Gasteiger partial charge >= 0.3 is 0 Å². The molecule has 0 saturated carbocycles. The number of aryl methyl sites for hydroxylation is 1. The number of aromatic hydroxyl groups is 1. The second kappa shape index (κ2) is 3.01. The van der Waals surface area contributed by atoms with Crippen molar-refractivity contribution in [3.8, 4) is 5.75 Å². The molecule has 0 aliphatic heterocycles. The molecule has 0 fully saturated rings. The molecule has 0 amide bonds. The fraction of sp³-hybridized carbons (Fsp3) is 0.222. The highest BCUT2D eigenvalue weighted by atomic mass is 16.3. The Hall–Kier alpha value is -1.25. The highest BCUT2D eigenvalue weighted by Gasteiger charge is 2.07. The van der Waals surface area contributed by atoms with Crippen LogP contribution in [0, 0.1) is 6.92 Å². The van der Waals surface area contributed by atoms with E-state index >= 15 is 0 Å². The third kappa shape index (κ3) is 1.50. The Kier molecular flexibility index (Phi) is 2.22. The van der Waals surface area contributed by atoms with E-state index in [-0.39, 0.29) is 11.5 Å². The van der Waals surface area contributed by atoms with E-state index in [1.807, 2.05) is 14.8 Å². The standard InChI is InChI=1S/C9H11BO2/c1-5-3-9(12)7(6(2)11)4-8(5)10/h3-4,12H,10H2,1-2H3. The van der Waals surface area contributed by atoms with Crippen LogP contribution in [0.3, 0.4) is 0 Å². The van der Waals surface area contributed by atoms with E-state index in [9.17, 15) is 9.90 Å². The minimum absolute atomic E-state index is 0.0746. The minimum atomic E-state index is -0.101. The van der Waals surface area contributed by atoms with Crippen LogP contribution in [0.15, 0.2) is 12.1 Å². The molecule has 12 heavy (non-hydrogen) atoms. The largest absolute Gasteiger partial charge is 0.507 e. The van der Waals surface area contributed by atoms with Crippen molar-refractivity contribution in [1.82, 2.24) is 0 Å². The zero-order valence-corrected chi connectivity index (χ0v) is 7.51. The van der Waals surface area contributed by atoms with E-state index in [0.717, 1.165) is 11.0 Å². The minimum Gasteiger partial charge on any atom is -0.507 e. The molecule has 0 radical (unpaired) electrons. The summed E-state index contributed by atoms with van der Waals surface area (Å²) in [5, 5.41) is 9.37. The van der Waals surface area contributed by atoms with Crippen LogP contribution >= 0.6 is 0 Å². The number of ketones is 1. The fourth-order valence-corrected chi connectivity index (χ4v) is 1.08. The van der Waals surface area contributed by atoms with Crippen LogP contribution < -0.4 is 5.46 Å². The summed E-state index contributed by atoms with van der Waals surface area (Å²) in [7, 11) is 1.92. The maximum absolute atomic E-state index is 11.0. The highest BCUT2D eigenvalue weighted by molar-refractivity contribution is 6.33. The monoisotopic (exact) mass is 162 g/mol. The van der Waals surface area contributed by atoms with Crippen LogP contribution in [0.1, 0.15) is 22.8 Å². The maximum atomic E-state index is 11.0. The molecule has 1 rings (SSSR count). The van der Waals surface area contributed by atoms with E-state index in [4.69, 9.17) is 0 Å². The normalized spacial score (nSPS) is 9.83. The Labute approximate surface area is 72.6 Å². The fourth-order valence-electron chi connectivity index (χ4n) is 1.08. The number of benzene rings is 1. The predicted octanol–water partition coefficient (Wildman–Crippen LogP) is 0.162. The van der Waals surface area contributed by atoms with Gasteiger partial charge in [0.15, 0.2) is 5.78 Å². The third-order valence-corrected chi connectivity index (χ3v) is 1.99. The summed E-state index contributed by atoms with van der Waals surface area (Å²) in [5.74, 6) is -0.0267. The van der Waals surface area contributed by atoms with Gasteiger partial charge in [0.2, 0.25) is 0 Å². The van der Waals surface area contributed by atoms with Crippen LogP contribution in [0.2, 0.25) is 0 Å². The van der Waals surface area contributed by atoms with Gasteiger partial charge in [0.25, 0.3) is 0 Å². The number of Topliss-reactive ketones (excluding diaryl/α,β-unsaturated/α-hetero) is 1. The highest BCUT2D eigenvalue weighted by Crippen LogP contribution is 2.16. The second-order valence-corrected chi connectivity index (χ2v) is 3.01. The summed E-state index contributed by atoms with van der Waals surface area (Å²) in [5.41, 5.74) is 2.42. The van der Waals surface area contributed by atoms with Crippen molar-refractivity contribution in [2.24, 2.45) is 0 Å². The van der Waals surface area contributed by atoms with E-state index in [1.54, 1.807) is 12.1 Å². The van der Waals surface area contributed by atoms with Gasteiger partial charge in [-0.25, -0.2) is 0 Å². The Morgan fingerprint density at radius 1 is 1.50 bits per heavy atom. The zero-order valence-electron chi connectivity index (χ0n) is 7.51. The molecular weight excluding hydrogens is 151 g/mol. The molecule has 62 valence electrons. The first-order valence-electron chi connectivity index (χ1n) is 3.83. The first-order chi connectivity index (χ1) is 5.52. The van der Waals surface area contributed by atoms with Crippen molar-refractivity contribution < 1.29 is 9.90 Å². The summed E-state index contributed by atoms with van der Waals surface area (Å²) in [6.07, 6.45) is 0. The SMILES string of the molecule is Bc1cc(C(C)=O)c(O)cc1C. The molecule has 0 aliphatic carbocycles. The molecule has 0 bridgehead atoms. The molecule has 0 heterocycles. The van der Waals surface area contributed by atoms with Crippen molar-refractivity contribution in [3.63, 3.8) is 0 Å². The summed E-state index contributed by atoms with van der Waals surface area (Å²) in [6.45, 7) is 3.35. The van der Waals surface area contributed by atoms with Gasteiger partial charge in [0, 0.05) is 0 Å². The summed E-state index contributed by atoms with van der Waals surface area (Å²) >= 11 is 0. The molecule has 0 saturated heterocycles. The van der Waals surface area contributed by atoms with Gasteiger partial charge in [-0.1, -0.05) is 17.1 Å². The van der Waals surface area contributed by atoms with E-state index < -0.39 is 0 Å². The van der Waals surface area contributed by atoms with Gasteiger partial charge in [-0.15, -0.1) is 0 Å². The second-order valence-electron chi connectivity index (χ2n) is 3.01. The molecule has 1 aromatic carbocycles. The molecule has 0 spiro atoms. The number of rotatable bonds is 1. The summed E-state index contributed by atoms with van der Waals surface area (Å²) in [4.78, 5) is 11.0. The number of carbonyl (C=O) groups excluding carboxylic acids is 1. The summed E-state index contributed by atoms with van der Waals surface area (Å²) < 4.78 is 0. The van der Waals surface area contributed by atoms with Gasteiger partial charge in [-0.2, -0.15) is 0 Å². The quantitative estimate of drug-likeness (QED) is 0.471. The molecule has 1 aromatic rings. The number of hydrogen-bond acceptors (Lipinski definition) is 2. The van der Waals surface area contributed by atoms with Crippen LogP contribution in [-0.2, 0) is 0 Å². The van der Waals surface area contributed by atoms with Gasteiger partial charge in [0.1, 0.15) is 13.6 Å². The average Bonchev–Trinajstić information content (AvgIpc) is 1.96. The van der Waals surface area contributed by atoms with E-state index in [0.29, 0.717) is 5.56 Å². The van der Waals surface area contributed by atoms with Gasteiger partial charge in [-0.3, -0.25) is 4.79 Å². The van der Waals surface area contributed by atoms with Crippen molar-refractivity contribution in [3.05, 3.63) is 23.3 Å². The lowest BCUT2D eigenvalue weighted by Crippen LogP contribution is -2.09. The van der Waals surface area contributed by atoms with Crippen molar-refractivity contribution in [1.29, 1.82) is 0 Å². The molecule has 0 aliphatic rings. The smallest absolute Gasteiger partial charge is 0.163 e. The number of phenols is 1. The lowest BCUT2D eigenvalue weighted by Gasteiger charge is -2.04. The molecule has 0 atom stereocenters. The summed E-state index contributed by atoms with van der Waals surface area (Å²) in [6, 6.07) is 3.33. The first-order valence-corrected chi connectivity index (χ1v) is 3.83. The van der Waals surface area contributed by atoms with Crippen LogP contribution in [-0.4, -0.2) is 18.7 Å². The lowest BCUT2D eigenvalue weighted by atomic mass is 9.88. The van der Waals surface area contributed by atoms with Gasteiger partial charge in [-0.05, 0) is 19.9 Å². The topological polar surface area (TPSA) is 37.3 Å². The van der Waals surface area contributed by atoms with Crippen molar-refractivity contribution >= 4 is 19.1 Å². The predicted molar refractivity (Wildman–Crippen MR) is 51.0 cm³/mol. The van der Waals surface area contributed by atoms with Crippen LogP contribution in [0.25, 0.3) is 0 Å². The van der Waals surface area contributed by atoms with Gasteiger partial charge < -0.3 is 5.11 Å². The Balaban J connectivity index is 3.33. The lowest BCUT2D eigenvalue weighted by molar-refractivity contribution is 0.101. The number of hydrogen-bond donors (Lipinski definition) is 1. The molecule has 1 N–H and O–H groups in total. The Bertz CT molecular complexity index is 332. The van der Waals surface area contributed by atoms with Gasteiger partial charge in [0.05, 0.1) is 5.56 Å². The number of carbonyl (C=O) groups is 1. The molecule has 2 nitrogen and oxygen atoms in total. The van der Waals surface area contributed by atoms with Crippen molar-refractivity contribution in [2.45, 2.75) is 13.8 Å². The zero-order chi connectivity index (χ0) is 9.30. The van der Waals surface area contributed by atoms with E-state index in [2.05, 4.69) is 0 Å². The number of phenolic OH excluding ortho intramolecular Hbond substituents is 1. The first kappa shape index (κ1) is 8.85. The van der Waals surface area contributed by atoms with E-state index in [1.165, 1.54) is 6.92 Å². The Morgan fingerprint density at radius 2 is 2.08 bits per heavy atom. The van der Waals surface area contributed by atoms with Crippen LogP contribution in [0.5, 0.6) is 5.75 Å². The van der Waals surface area contributed by atoms with Crippen molar-refractivity contribution in [2.75, 3.05) is 0 Å². The van der Waals surface area contributed by atoms with Crippen LogP contribution in [0.4, 0.5) is 0 Å².